The van der Waals surface area contributed by atoms with Crippen LogP contribution in [0.2, 0.25) is 0 Å². The Morgan fingerprint density at radius 3 is 2.47 bits per heavy atom. The summed E-state index contributed by atoms with van der Waals surface area (Å²) in [4.78, 5) is 4.63. The number of benzene rings is 1. The molecule has 3 aromatic rings. The lowest BCUT2D eigenvalue weighted by Gasteiger charge is -2.00. The fraction of sp³-hybridized carbons (Fsp3) is 0.188. The summed E-state index contributed by atoms with van der Waals surface area (Å²) in [6.45, 7) is 2.18. The van der Waals surface area contributed by atoms with Crippen LogP contribution in [0.3, 0.4) is 0 Å². The molecule has 0 bridgehead atoms. The van der Waals surface area contributed by atoms with Crippen LogP contribution in [-0.4, -0.2) is 9.38 Å². The van der Waals surface area contributed by atoms with Gasteiger partial charge >= 0.3 is 0 Å². The van der Waals surface area contributed by atoms with Gasteiger partial charge in [-0.05, 0) is 45.6 Å². The molecular formula is C16H15BrN2. The molecular weight excluding hydrogens is 300 g/mol. The minimum absolute atomic E-state index is 0.878. The summed E-state index contributed by atoms with van der Waals surface area (Å²) in [6.07, 6.45) is 6.09. The number of fused-ring (bicyclic) bond motifs is 1. The zero-order valence-corrected chi connectivity index (χ0v) is 12.4. The molecule has 0 saturated heterocycles. The Bertz CT molecular complexity index is 698. The van der Waals surface area contributed by atoms with E-state index in [1.54, 1.807) is 0 Å². The number of imidazole rings is 1. The number of hydrogen-bond donors (Lipinski definition) is 0. The van der Waals surface area contributed by atoms with Crippen molar-refractivity contribution in [3.8, 4) is 0 Å². The van der Waals surface area contributed by atoms with E-state index in [0.29, 0.717) is 0 Å². The van der Waals surface area contributed by atoms with Crippen LogP contribution in [0.1, 0.15) is 23.7 Å². The Labute approximate surface area is 121 Å². The van der Waals surface area contributed by atoms with Gasteiger partial charge in [-0.15, -0.1) is 0 Å². The minimum atomic E-state index is 0.878. The van der Waals surface area contributed by atoms with E-state index in [1.807, 2.05) is 18.3 Å². The molecule has 0 aliphatic rings. The van der Waals surface area contributed by atoms with Gasteiger partial charge < -0.3 is 4.40 Å². The highest BCUT2D eigenvalue weighted by atomic mass is 79.9. The number of halogens is 1. The third-order valence-corrected chi connectivity index (χ3v) is 3.75. The largest absolute Gasteiger partial charge is 0.306 e. The highest BCUT2D eigenvalue weighted by molar-refractivity contribution is 9.10. The van der Waals surface area contributed by atoms with E-state index < -0.39 is 0 Å². The summed E-state index contributed by atoms with van der Waals surface area (Å²) in [5, 5.41) is 0. The summed E-state index contributed by atoms with van der Waals surface area (Å²) >= 11 is 3.48. The SMILES string of the molecule is CCc1ccc(Cc2cn3cc(Br)ccc3n2)cc1. The number of pyridine rings is 1. The lowest BCUT2D eigenvalue weighted by atomic mass is 10.1. The molecule has 0 fully saturated rings. The minimum Gasteiger partial charge on any atom is -0.306 e. The van der Waals surface area contributed by atoms with Crippen LogP contribution in [0, 0.1) is 0 Å². The molecule has 0 amide bonds. The van der Waals surface area contributed by atoms with Crippen LogP contribution in [0.15, 0.2) is 53.3 Å². The molecule has 0 N–H and O–H groups in total. The van der Waals surface area contributed by atoms with Gasteiger partial charge in [0.15, 0.2) is 0 Å². The second-order valence-electron chi connectivity index (χ2n) is 4.69. The van der Waals surface area contributed by atoms with Gasteiger partial charge in [0.1, 0.15) is 5.65 Å². The maximum Gasteiger partial charge on any atom is 0.137 e. The van der Waals surface area contributed by atoms with Gasteiger partial charge in [-0.3, -0.25) is 0 Å². The van der Waals surface area contributed by atoms with E-state index in [2.05, 4.69) is 62.7 Å². The Kier molecular flexibility index (Phi) is 3.38. The van der Waals surface area contributed by atoms with Crippen LogP contribution < -0.4 is 0 Å². The molecule has 3 rings (SSSR count). The zero-order valence-electron chi connectivity index (χ0n) is 10.8. The van der Waals surface area contributed by atoms with Gasteiger partial charge in [0, 0.05) is 23.3 Å². The van der Waals surface area contributed by atoms with E-state index >= 15 is 0 Å². The molecule has 3 heteroatoms. The van der Waals surface area contributed by atoms with E-state index in [4.69, 9.17) is 0 Å². The molecule has 2 heterocycles. The lowest BCUT2D eigenvalue weighted by Crippen LogP contribution is -1.89. The summed E-state index contributed by atoms with van der Waals surface area (Å²) in [5.41, 5.74) is 4.77. The molecule has 1 aromatic carbocycles. The number of rotatable bonds is 3. The lowest BCUT2D eigenvalue weighted by molar-refractivity contribution is 1.09. The van der Waals surface area contributed by atoms with Crippen LogP contribution in [-0.2, 0) is 12.8 Å². The van der Waals surface area contributed by atoms with Gasteiger partial charge in [-0.2, -0.15) is 0 Å². The first kappa shape index (κ1) is 12.4. The molecule has 2 aromatic heterocycles. The second kappa shape index (κ2) is 5.17. The predicted molar refractivity (Wildman–Crippen MR) is 81.5 cm³/mol. The van der Waals surface area contributed by atoms with Crippen molar-refractivity contribution in [1.29, 1.82) is 0 Å². The molecule has 0 unspecified atom stereocenters. The van der Waals surface area contributed by atoms with Crippen molar-refractivity contribution in [3.63, 3.8) is 0 Å². The van der Waals surface area contributed by atoms with Gasteiger partial charge in [0.25, 0.3) is 0 Å². The van der Waals surface area contributed by atoms with Crippen LogP contribution in [0.4, 0.5) is 0 Å². The topological polar surface area (TPSA) is 17.3 Å². The quantitative estimate of drug-likeness (QED) is 0.706. The summed E-state index contributed by atoms with van der Waals surface area (Å²) in [6, 6.07) is 12.8. The monoisotopic (exact) mass is 314 g/mol. The standard InChI is InChI=1S/C16H15BrN2/c1-2-12-3-5-13(6-4-12)9-15-11-19-10-14(17)7-8-16(19)18-15/h3-8,10-11H,2,9H2,1H3. The first-order valence-electron chi connectivity index (χ1n) is 6.45. The summed E-state index contributed by atoms with van der Waals surface area (Å²) in [5.74, 6) is 0. The van der Waals surface area contributed by atoms with Crippen LogP contribution in [0.5, 0.6) is 0 Å². The van der Waals surface area contributed by atoms with Crippen molar-refractivity contribution in [2.45, 2.75) is 19.8 Å². The molecule has 0 radical (unpaired) electrons. The number of nitrogens with zero attached hydrogens (tertiary/aromatic N) is 2. The summed E-state index contributed by atoms with van der Waals surface area (Å²) < 4.78 is 3.12. The maximum atomic E-state index is 4.63. The molecule has 0 saturated carbocycles. The van der Waals surface area contributed by atoms with Crippen LogP contribution >= 0.6 is 15.9 Å². The molecule has 19 heavy (non-hydrogen) atoms. The van der Waals surface area contributed by atoms with Crippen molar-refractivity contribution in [2.24, 2.45) is 0 Å². The highest BCUT2D eigenvalue weighted by Crippen LogP contribution is 2.15. The highest BCUT2D eigenvalue weighted by Gasteiger charge is 2.03. The van der Waals surface area contributed by atoms with E-state index in [9.17, 15) is 0 Å². The van der Waals surface area contributed by atoms with Gasteiger partial charge in [-0.25, -0.2) is 4.98 Å². The first-order valence-corrected chi connectivity index (χ1v) is 7.25. The molecule has 96 valence electrons. The fourth-order valence-electron chi connectivity index (χ4n) is 2.20. The Hall–Kier alpha value is -1.61. The van der Waals surface area contributed by atoms with Crippen LogP contribution in [0.25, 0.3) is 5.65 Å². The summed E-state index contributed by atoms with van der Waals surface area (Å²) in [7, 11) is 0. The molecule has 0 spiro atoms. The van der Waals surface area contributed by atoms with Crippen molar-refractivity contribution in [2.75, 3.05) is 0 Å². The molecule has 0 aliphatic heterocycles. The average Bonchev–Trinajstić information content (AvgIpc) is 2.81. The Morgan fingerprint density at radius 1 is 1.00 bits per heavy atom. The molecule has 0 atom stereocenters. The number of aromatic nitrogens is 2. The number of aryl methyl sites for hydroxylation is 1. The third kappa shape index (κ3) is 2.71. The maximum absolute atomic E-state index is 4.63. The predicted octanol–water partition coefficient (Wildman–Crippen LogP) is 4.25. The normalized spacial score (nSPS) is 11.1. The smallest absolute Gasteiger partial charge is 0.137 e. The average molecular weight is 315 g/mol. The van der Waals surface area contributed by atoms with Crippen molar-refractivity contribution < 1.29 is 0 Å². The zero-order chi connectivity index (χ0) is 13.2. The van der Waals surface area contributed by atoms with Gasteiger partial charge in [0.05, 0.1) is 5.69 Å². The van der Waals surface area contributed by atoms with Crippen molar-refractivity contribution in [3.05, 3.63) is 70.1 Å². The van der Waals surface area contributed by atoms with E-state index in [0.717, 1.165) is 28.7 Å². The Morgan fingerprint density at radius 2 is 1.74 bits per heavy atom. The fourth-order valence-corrected chi connectivity index (χ4v) is 2.56. The van der Waals surface area contributed by atoms with E-state index in [1.165, 1.54) is 11.1 Å². The van der Waals surface area contributed by atoms with Crippen molar-refractivity contribution in [1.82, 2.24) is 9.38 Å². The van der Waals surface area contributed by atoms with Crippen molar-refractivity contribution >= 4 is 21.6 Å². The van der Waals surface area contributed by atoms with E-state index in [-0.39, 0.29) is 0 Å². The third-order valence-electron chi connectivity index (χ3n) is 3.28. The molecule has 2 nitrogen and oxygen atoms in total. The van der Waals surface area contributed by atoms with Gasteiger partial charge in [0.2, 0.25) is 0 Å². The Balaban J connectivity index is 1.87. The first-order chi connectivity index (χ1) is 9.24. The van der Waals surface area contributed by atoms with Gasteiger partial charge in [-0.1, -0.05) is 31.2 Å². The number of hydrogen-bond acceptors (Lipinski definition) is 1. The second-order valence-corrected chi connectivity index (χ2v) is 5.61. The molecule has 0 aliphatic carbocycles.